The summed E-state index contributed by atoms with van der Waals surface area (Å²) in [6.07, 6.45) is 3.06. The number of carbonyl (C=O) groups excluding carboxylic acids is 2. The molecule has 2 aromatic carbocycles. The first kappa shape index (κ1) is 9.78. The standard InChI is InChI=1S/C14H8O3/c15-7-12-9-3-1-2-4-10(9)13(8-16)14-11(12)5-6-17-14/h1-8H. The summed E-state index contributed by atoms with van der Waals surface area (Å²) in [6.45, 7) is 0. The monoisotopic (exact) mass is 224 g/mol. The summed E-state index contributed by atoms with van der Waals surface area (Å²) in [5.41, 5.74) is 1.53. The first-order valence-electron chi connectivity index (χ1n) is 5.19. The van der Waals surface area contributed by atoms with Gasteiger partial charge in [0.15, 0.2) is 12.6 Å². The number of hydrogen-bond donors (Lipinski definition) is 0. The van der Waals surface area contributed by atoms with Gasteiger partial charge in [-0.2, -0.15) is 0 Å². The largest absolute Gasteiger partial charge is 0.464 e. The third-order valence-corrected chi connectivity index (χ3v) is 2.94. The second-order valence-electron chi connectivity index (χ2n) is 3.77. The van der Waals surface area contributed by atoms with Gasteiger partial charge in [-0.1, -0.05) is 24.3 Å². The zero-order valence-corrected chi connectivity index (χ0v) is 8.84. The third-order valence-electron chi connectivity index (χ3n) is 2.94. The Morgan fingerprint density at radius 1 is 0.824 bits per heavy atom. The maximum atomic E-state index is 11.2. The molecular weight excluding hydrogens is 216 g/mol. The van der Waals surface area contributed by atoms with E-state index in [1.807, 2.05) is 24.3 Å². The van der Waals surface area contributed by atoms with Gasteiger partial charge in [0.2, 0.25) is 0 Å². The summed E-state index contributed by atoms with van der Waals surface area (Å²) in [6, 6.07) is 9.03. The minimum absolute atomic E-state index is 0.473. The van der Waals surface area contributed by atoms with Crippen LogP contribution in [0.5, 0.6) is 0 Å². The quantitative estimate of drug-likeness (QED) is 0.628. The van der Waals surface area contributed by atoms with Crippen LogP contribution >= 0.6 is 0 Å². The molecule has 0 unspecified atom stereocenters. The van der Waals surface area contributed by atoms with E-state index in [1.54, 1.807) is 6.07 Å². The van der Waals surface area contributed by atoms with Crippen LogP contribution < -0.4 is 0 Å². The zero-order valence-electron chi connectivity index (χ0n) is 8.84. The maximum Gasteiger partial charge on any atom is 0.154 e. The SMILES string of the molecule is O=Cc1c2ccccc2c(C=O)c2occc12. The van der Waals surface area contributed by atoms with Gasteiger partial charge in [0.1, 0.15) is 5.58 Å². The summed E-state index contributed by atoms with van der Waals surface area (Å²) in [5, 5.41) is 2.20. The van der Waals surface area contributed by atoms with Gasteiger partial charge in [0.25, 0.3) is 0 Å². The number of benzene rings is 2. The minimum atomic E-state index is 0.473. The highest BCUT2D eigenvalue weighted by Gasteiger charge is 2.14. The Morgan fingerprint density at radius 2 is 1.47 bits per heavy atom. The van der Waals surface area contributed by atoms with Crippen molar-refractivity contribution >= 4 is 34.3 Å². The second-order valence-corrected chi connectivity index (χ2v) is 3.77. The molecule has 0 aliphatic carbocycles. The average Bonchev–Trinajstić information content (AvgIpc) is 2.84. The number of aldehydes is 2. The van der Waals surface area contributed by atoms with E-state index in [0.29, 0.717) is 22.1 Å². The molecular formula is C14H8O3. The van der Waals surface area contributed by atoms with Crippen molar-refractivity contribution in [2.24, 2.45) is 0 Å². The predicted molar refractivity (Wildman–Crippen MR) is 64.5 cm³/mol. The number of hydrogen-bond acceptors (Lipinski definition) is 3. The van der Waals surface area contributed by atoms with Crippen LogP contribution in [0.15, 0.2) is 41.0 Å². The van der Waals surface area contributed by atoms with Gasteiger partial charge in [-0.25, -0.2) is 0 Å². The first-order valence-corrected chi connectivity index (χ1v) is 5.19. The van der Waals surface area contributed by atoms with Crippen LogP contribution in [0.2, 0.25) is 0 Å². The number of fused-ring (bicyclic) bond motifs is 2. The van der Waals surface area contributed by atoms with Crippen LogP contribution in [0.25, 0.3) is 21.7 Å². The minimum Gasteiger partial charge on any atom is -0.464 e. The van der Waals surface area contributed by atoms with Crippen LogP contribution in [0.3, 0.4) is 0 Å². The van der Waals surface area contributed by atoms with Gasteiger partial charge in [-0.05, 0) is 16.8 Å². The van der Waals surface area contributed by atoms with Crippen LogP contribution in [0.1, 0.15) is 20.7 Å². The lowest BCUT2D eigenvalue weighted by molar-refractivity contribution is 0.111. The lowest BCUT2D eigenvalue weighted by atomic mass is 9.97. The number of rotatable bonds is 2. The lowest BCUT2D eigenvalue weighted by Gasteiger charge is -2.05. The van der Waals surface area contributed by atoms with E-state index in [4.69, 9.17) is 4.42 Å². The van der Waals surface area contributed by atoms with E-state index in [2.05, 4.69) is 0 Å². The first-order chi connectivity index (χ1) is 8.36. The van der Waals surface area contributed by atoms with Gasteiger partial charge in [-0.3, -0.25) is 9.59 Å². The van der Waals surface area contributed by atoms with E-state index < -0.39 is 0 Å². The van der Waals surface area contributed by atoms with Crippen molar-refractivity contribution in [1.82, 2.24) is 0 Å². The van der Waals surface area contributed by atoms with Crippen molar-refractivity contribution in [3.63, 3.8) is 0 Å². The average molecular weight is 224 g/mol. The van der Waals surface area contributed by atoms with E-state index >= 15 is 0 Å². The molecule has 0 saturated heterocycles. The van der Waals surface area contributed by atoms with Crippen LogP contribution in [-0.4, -0.2) is 12.6 Å². The predicted octanol–water partition coefficient (Wildman–Crippen LogP) is 3.21. The van der Waals surface area contributed by atoms with Crippen molar-refractivity contribution in [2.75, 3.05) is 0 Å². The molecule has 3 heteroatoms. The number of furan rings is 1. The summed E-state index contributed by atoms with van der Waals surface area (Å²) >= 11 is 0. The van der Waals surface area contributed by atoms with Gasteiger partial charge in [0.05, 0.1) is 11.8 Å². The molecule has 82 valence electrons. The van der Waals surface area contributed by atoms with Crippen molar-refractivity contribution in [3.05, 3.63) is 47.7 Å². The second kappa shape index (κ2) is 3.56. The number of carbonyl (C=O) groups is 2. The van der Waals surface area contributed by atoms with Gasteiger partial charge in [0, 0.05) is 10.9 Å². The smallest absolute Gasteiger partial charge is 0.154 e. The third kappa shape index (κ3) is 1.22. The molecule has 3 aromatic rings. The molecule has 3 nitrogen and oxygen atoms in total. The molecule has 0 atom stereocenters. The highest BCUT2D eigenvalue weighted by molar-refractivity contribution is 6.18. The van der Waals surface area contributed by atoms with Crippen molar-refractivity contribution in [3.8, 4) is 0 Å². The van der Waals surface area contributed by atoms with Crippen LogP contribution in [0, 0.1) is 0 Å². The molecule has 0 amide bonds. The van der Waals surface area contributed by atoms with E-state index in [0.717, 1.165) is 23.3 Å². The maximum absolute atomic E-state index is 11.2. The van der Waals surface area contributed by atoms with E-state index in [-0.39, 0.29) is 0 Å². The summed E-state index contributed by atoms with van der Waals surface area (Å²) in [7, 11) is 0. The van der Waals surface area contributed by atoms with Crippen LogP contribution in [0.4, 0.5) is 0 Å². The van der Waals surface area contributed by atoms with Gasteiger partial charge in [-0.15, -0.1) is 0 Å². The molecule has 1 aromatic heterocycles. The molecule has 0 radical (unpaired) electrons. The summed E-state index contributed by atoms with van der Waals surface area (Å²) in [5.74, 6) is 0. The molecule has 3 rings (SSSR count). The van der Waals surface area contributed by atoms with Gasteiger partial charge >= 0.3 is 0 Å². The topological polar surface area (TPSA) is 47.3 Å². The highest BCUT2D eigenvalue weighted by atomic mass is 16.3. The molecule has 0 aliphatic heterocycles. The Balaban J connectivity index is 2.69. The molecule has 1 heterocycles. The van der Waals surface area contributed by atoms with Gasteiger partial charge < -0.3 is 4.42 Å². The van der Waals surface area contributed by atoms with E-state index in [1.165, 1.54) is 6.26 Å². The Morgan fingerprint density at radius 3 is 2.12 bits per heavy atom. The molecule has 0 fully saturated rings. The molecule has 0 N–H and O–H groups in total. The molecule has 17 heavy (non-hydrogen) atoms. The Bertz CT molecular complexity index is 676. The molecule has 0 aliphatic rings. The van der Waals surface area contributed by atoms with Crippen molar-refractivity contribution < 1.29 is 14.0 Å². The fraction of sp³-hybridized carbons (Fsp3) is 0. The fourth-order valence-corrected chi connectivity index (χ4v) is 2.19. The molecule has 0 spiro atoms. The van der Waals surface area contributed by atoms with E-state index in [9.17, 15) is 9.59 Å². The summed E-state index contributed by atoms with van der Waals surface area (Å²) < 4.78 is 5.30. The zero-order chi connectivity index (χ0) is 11.8. The van der Waals surface area contributed by atoms with Crippen molar-refractivity contribution in [2.45, 2.75) is 0 Å². The Kier molecular flexibility index (Phi) is 2.05. The molecule has 0 bridgehead atoms. The van der Waals surface area contributed by atoms with Crippen LogP contribution in [-0.2, 0) is 0 Å². The Hall–Kier alpha value is -2.42. The van der Waals surface area contributed by atoms with Crippen molar-refractivity contribution in [1.29, 1.82) is 0 Å². The Labute approximate surface area is 96.6 Å². The normalized spacial score (nSPS) is 10.8. The fourth-order valence-electron chi connectivity index (χ4n) is 2.19. The summed E-state index contributed by atoms with van der Waals surface area (Å²) in [4.78, 5) is 22.4. The lowest BCUT2D eigenvalue weighted by Crippen LogP contribution is -1.91. The highest BCUT2D eigenvalue weighted by Crippen LogP contribution is 2.31. The molecule has 0 saturated carbocycles.